The number of carbonyl (C=O) groups is 1. The van der Waals surface area contributed by atoms with Crippen molar-refractivity contribution in [1.82, 2.24) is 4.90 Å². The third-order valence-electron chi connectivity index (χ3n) is 3.08. The van der Waals surface area contributed by atoms with Crippen LogP contribution in [-0.2, 0) is 6.54 Å². The van der Waals surface area contributed by atoms with Gasteiger partial charge in [0.15, 0.2) is 6.20 Å². The number of hydrogen-bond acceptors (Lipinski definition) is 2. The van der Waals surface area contributed by atoms with Crippen molar-refractivity contribution >= 4 is 21.8 Å². The van der Waals surface area contributed by atoms with E-state index < -0.39 is 5.91 Å². The molecule has 0 saturated heterocycles. The van der Waals surface area contributed by atoms with Crippen molar-refractivity contribution in [2.45, 2.75) is 13.5 Å². The van der Waals surface area contributed by atoms with Crippen LogP contribution in [0.1, 0.15) is 23.0 Å². The van der Waals surface area contributed by atoms with E-state index in [1.54, 1.807) is 31.2 Å². The van der Waals surface area contributed by atoms with Crippen molar-refractivity contribution in [2.75, 3.05) is 6.54 Å². The monoisotopic (exact) mass is 352 g/mol. The molecule has 0 fully saturated rings. The molecule has 0 aliphatic carbocycles. The molecule has 0 radical (unpaired) electrons. The van der Waals surface area contributed by atoms with Gasteiger partial charge in [0.2, 0.25) is 0 Å². The Labute approximate surface area is 130 Å². The fourth-order valence-electron chi connectivity index (χ4n) is 1.95. The quantitative estimate of drug-likeness (QED) is 0.627. The molecule has 0 spiro atoms. The number of carbonyl (C=O) groups excluding carboxylic acids is 1. The van der Waals surface area contributed by atoms with Crippen molar-refractivity contribution in [3.63, 3.8) is 0 Å². The number of halogens is 2. The Morgan fingerprint density at radius 1 is 1.38 bits per heavy atom. The molecule has 0 aliphatic heterocycles. The minimum atomic E-state index is -0.424. The lowest BCUT2D eigenvalue weighted by atomic mass is 10.2. The molecule has 1 heterocycles. The maximum absolute atomic E-state index is 13.8. The van der Waals surface area contributed by atoms with Crippen LogP contribution in [0, 0.1) is 11.0 Å². The van der Waals surface area contributed by atoms with Crippen LogP contribution in [0.2, 0.25) is 0 Å². The van der Waals surface area contributed by atoms with Crippen molar-refractivity contribution in [2.24, 2.45) is 0 Å². The summed E-state index contributed by atoms with van der Waals surface area (Å²) in [6.45, 7) is 2.26. The first-order valence-electron chi connectivity index (χ1n) is 6.44. The Kier molecular flexibility index (Phi) is 4.90. The van der Waals surface area contributed by atoms with E-state index in [-0.39, 0.29) is 18.1 Å². The molecule has 0 N–H and O–H groups in total. The maximum Gasteiger partial charge on any atom is 0.320 e. The lowest BCUT2D eigenvalue weighted by Crippen LogP contribution is -2.41. The molecule has 0 atom stereocenters. The van der Waals surface area contributed by atoms with Crippen LogP contribution in [0.4, 0.5) is 4.39 Å². The zero-order valence-corrected chi connectivity index (χ0v) is 13.0. The fourth-order valence-corrected chi connectivity index (χ4v) is 2.36. The number of aromatic nitrogens is 1. The highest BCUT2D eigenvalue weighted by Crippen LogP contribution is 2.18. The van der Waals surface area contributed by atoms with Crippen LogP contribution in [0.15, 0.2) is 47.1 Å². The second-order valence-corrected chi connectivity index (χ2v) is 5.38. The minimum absolute atomic E-state index is 0.0229. The largest absolute Gasteiger partial charge is 0.618 e. The third kappa shape index (κ3) is 3.58. The zero-order valence-electron chi connectivity index (χ0n) is 11.4. The number of hydrogen-bond donors (Lipinski definition) is 0. The van der Waals surface area contributed by atoms with Crippen molar-refractivity contribution < 1.29 is 13.9 Å². The Hall–Kier alpha value is -1.95. The van der Waals surface area contributed by atoms with Gasteiger partial charge in [-0.2, -0.15) is 4.73 Å². The molecule has 0 unspecified atom stereocenters. The van der Waals surface area contributed by atoms with Gasteiger partial charge < -0.3 is 10.1 Å². The number of pyridine rings is 1. The van der Waals surface area contributed by atoms with Gasteiger partial charge in [0.05, 0.1) is 0 Å². The van der Waals surface area contributed by atoms with Crippen molar-refractivity contribution in [1.29, 1.82) is 0 Å². The molecule has 0 saturated carbocycles. The number of benzene rings is 1. The topological polar surface area (TPSA) is 47.2 Å². The second-order valence-electron chi connectivity index (χ2n) is 4.47. The highest BCUT2D eigenvalue weighted by atomic mass is 79.9. The molecule has 1 aromatic carbocycles. The molecule has 2 rings (SSSR count). The molecule has 4 nitrogen and oxygen atoms in total. The normalized spacial score (nSPS) is 10.4. The first-order chi connectivity index (χ1) is 10.0. The minimum Gasteiger partial charge on any atom is -0.618 e. The zero-order chi connectivity index (χ0) is 15.4. The van der Waals surface area contributed by atoms with Gasteiger partial charge in [0, 0.05) is 35.3 Å². The first-order valence-corrected chi connectivity index (χ1v) is 7.23. The van der Waals surface area contributed by atoms with E-state index in [0.29, 0.717) is 16.8 Å². The molecule has 1 aromatic heterocycles. The summed E-state index contributed by atoms with van der Waals surface area (Å²) in [5, 5.41) is 11.6. The highest BCUT2D eigenvalue weighted by Gasteiger charge is 2.22. The van der Waals surface area contributed by atoms with Crippen LogP contribution in [0.3, 0.4) is 0 Å². The number of nitrogens with zero attached hydrogens (tertiary/aromatic N) is 2. The molecule has 0 bridgehead atoms. The Morgan fingerprint density at radius 2 is 2.14 bits per heavy atom. The average molecular weight is 353 g/mol. The molecule has 1 amide bonds. The summed E-state index contributed by atoms with van der Waals surface area (Å²) in [5.74, 6) is -0.806. The highest BCUT2D eigenvalue weighted by molar-refractivity contribution is 9.10. The number of amides is 1. The molecule has 6 heteroatoms. The molecule has 2 aromatic rings. The van der Waals surface area contributed by atoms with E-state index in [2.05, 4.69) is 15.9 Å². The molecular weight excluding hydrogens is 339 g/mol. The second kappa shape index (κ2) is 6.67. The van der Waals surface area contributed by atoms with Gasteiger partial charge in [-0.3, -0.25) is 4.79 Å². The Morgan fingerprint density at radius 3 is 2.81 bits per heavy atom. The SMILES string of the molecule is CCN(Cc1cc(Br)ccc1F)C(=O)c1cccc[n+]1[O-]. The first kappa shape index (κ1) is 15.4. The summed E-state index contributed by atoms with van der Waals surface area (Å²) < 4.78 is 15.0. The smallest absolute Gasteiger partial charge is 0.320 e. The Balaban J connectivity index is 2.26. The van der Waals surface area contributed by atoms with E-state index in [0.717, 1.165) is 4.47 Å². The van der Waals surface area contributed by atoms with Crippen LogP contribution in [0.5, 0.6) is 0 Å². The average Bonchev–Trinajstić information content (AvgIpc) is 2.48. The van der Waals surface area contributed by atoms with Gasteiger partial charge in [0.25, 0.3) is 5.69 Å². The lowest BCUT2D eigenvalue weighted by Gasteiger charge is -2.20. The summed E-state index contributed by atoms with van der Waals surface area (Å²) in [6.07, 6.45) is 1.26. The summed E-state index contributed by atoms with van der Waals surface area (Å²) in [4.78, 5) is 13.8. The van der Waals surface area contributed by atoms with Gasteiger partial charge in [-0.25, -0.2) is 4.39 Å². The van der Waals surface area contributed by atoms with Crippen LogP contribution in [-0.4, -0.2) is 17.4 Å². The standard InChI is InChI=1S/C15H14BrFN2O2/c1-2-18(10-11-9-12(16)6-7-13(11)17)15(20)14-5-3-4-8-19(14)21/h3-9H,2,10H2,1H3. The van der Waals surface area contributed by atoms with Gasteiger partial charge in [-0.05, 0) is 31.2 Å². The molecular formula is C15H14BrFN2O2. The molecule has 21 heavy (non-hydrogen) atoms. The van der Waals surface area contributed by atoms with Gasteiger partial charge >= 0.3 is 5.91 Å². The summed E-state index contributed by atoms with van der Waals surface area (Å²) in [5.41, 5.74) is 0.419. The van der Waals surface area contributed by atoms with Gasteiger partial charge in [0.1, 0.15) is 5.82 Å². The molecule has 110 valence electrons. The van der Waals surface area contributed by atoms with Crippen molar-refractivity contribution in [3.05, 3.63) is 69.3 Å². The molecule has 0 aliphatic rings. The van der Waals surface area contributed by atoms with E-state index in [1.165, 1.54) is 23.2 Å². The van der Waals surface area contributed by atoms with Gasteiger partial charge in [-0.1, -0.05) is 15.9 Å². The van der Waals surface area contributed by atoms with Crippen LogP contribution >= 0.6 is 15.9 Å². The fraction of sp³-hybridized carbons (Fsp3) is 0.200. The predicted molar refractivity (Wildman–Crippen MR) is 79.9 cm³/mol. The van der Waals surface area contributed by atoms with Gasteiger partial charge in [-0.15, -0.1) is 0 Å². The third-order valence-corrected chi connectivity index (χ3v) is 3.57. The van der Waals surface area contributed by atoms with Crippen molar-refractivity contribution in [3.8, 4) is 0 Å². The van der Waals surface area contributed by atoms with E-state index in [1.807, 2.05) is 0 Å². The van der Waals surface area contributed by atoms with E-state index in [4.69, 9.17) is 0 Å². The van der Waals surface area contributed by atoms with Crippen LogP contribution < -0.4 is 4.73 Å². The number of rotatable bonds is 4. The Bertz CT molecular complexity index is 664. The van der Waals surface area contributed by atoms with Crippen LogP contribution in [0.25, 0.3) is 0 Å². The predicted octanol–water partition coefficient (Wildman–Crippen LogP) is 2.88. The lowest BCUT2D eigenvalue weighted by molar-refractivity contribution is -0.608. The summed E-state index contributed by atoms with van der Waals surface area (Å²) in [7, 11) is 0. The summed E-state index contributed by atoms with van der Waals surface area (Å²) in [6, 6.07) is 9.19. The summed E-state index contributed by atoms with van der Waals surface area (Å²) >= 11 is 3.28. The van der Waals surface area contributed by atoms with E-state index in [9.17, 15) is 14.4 Å². The maximum atomic E-state index is 13.8. The van der Waals surface area contributed by atoms with E-state index >= 15 is 0 Å².